The zero-order valence-corrected chi connectivity index (χ0v) is 14.5. The molecule has 1 heterocycles. The zero-order valence-electron chi connectivity index (χ0n) is 13.7. The molecule has 4 nitrogen and oxygen atoms in total. The predicted octanol–water partition coefficient (Wildman–Crippen LogP) is 5.17. The average Bonchev–Trinajstić information content (AvgIpc) is 3.09. The first-order chi connectivity index (χ1) is 12.3. The number of hydrogen-bond donors (Lipinski definition) is 2. The Bertz CT molecular complexity index is 805. The normalized spacial score (nSPS) is 15.1. The van der Waals surface area contributed by atoms with E-state index in [1.807, 2.05) is 0 Å². The summed E-state index contributed by atoms with van der Waals surface area (Å²) >= 11 is 5.97. The smallest absolute Gasteiger partial charge is 0.349 e. The van der Waals surface area contributed by atoms with Crippen molar-refractivity contribution in [3.63, 3.8) is 0 Å². The van der Waals surface area contributed by atoms with Crippen molar-refractivity contribution in [3.05, 3.63) is 52.7 Å². The number of anilines is 2. The molecule has 2 aromatic rings. The molecule has 3 rings (SSSR count). The van der Waals surface area contributed by atoms with Crippen LogP contribution in [0.15, 0.2) is 36.5 Å². The van der Waals surface area contributed by atoms with Crippen LogP contribution in [0.4, 0.5) is 24.7 Å². The summed E-state index contributed by atoms with van der Waals surface area (Å²) < 4.78 is 38.6. The summed E-state index contributed by atoms with van der Waals surface area (Å²) in [7, 11) is 0. The molecule has 1 aromatic carbocycles. The van der Waals surface area contributed by atoms with Gasteiger partial charge in [0.1, 0.15) is 5.82 Å². The number of amides is 1. The van der Waals surface area contributed by atoms with Crippen LogP contribution in [0.2, 0.25) is 5.02 Å². The number of halogens is 4. The number of rotatable bonds is 4. The molecule has 2 N–H and O–H groups in total. The maximum Gasteiger partial charge on any atom is 0.416 e. The molecule has 0 aliphatic heterocycles. The summed E-state index contributed by atoms with van der Waals surface area (Å²) in [5.74, 6) is 0.0165. The molecule has 0 atom stereocenters. The highest BCUT2D eigenvalue weighted by atomic mass is 35.5. The largest absolute Gasteiger partial charge is 0.416 e. The molecule has 0 unspecified atom stereocenters. The van der Waals surface area contributed by atoms with Gasteiger partial charge in [0.15, 0.2) is 0 Å². The van der Waals surface area contributed by atoms with E-state index in [-0.39, 0.29) is 28.5 Å². The summed E-state index contributed by atoms with van der Waals surface area (Å²) in [5.41, 5.74) is -0.362. The second-order valence-corrected chi connectivity index (χ2v) is 6.61. The van der Waals surface area contributed by atoms with E-state index in [9.17, 15) is 18.0 Å². The van der Waals surface area contributed by atoms with Gasteiger partial charge in [-0.1, -0.05) is 24.4 Å². The van der Waals surface area contributed by atoms with Gasteiger partial charge in [0.2, 0.25) is 0 Å². The third-order valence-electron chi connectivity index (χ3n) is 4.27. The molecule has 8 heteroatoms. The zero-order chi connectivity index (χ0) is 18.7. The van der Waals surface area contributed by atoms with Crippen LogP contribution in [0.5, 0.6) is 0 Å². The van der Waals surface area contributed by atoms with Crippen molar-refractivity contribution in [1.82, 2.24) is 10.3 Å². The molecule has 1 aliphatic rings. The van der Waals surface area contributed by atoms with E-state index in [1.54, 1.807) is 6.07 Å². The van der Waals surface area contributed by atoms with Crippen LogP contribution in [0.25, 0.3) is 0 Å². The second-order valence-electron chi connectivity index (χ2n) is 6.20. The monoisotopic (exact) mass is 383 g/mol. The number of nitrogens with zero attached hydrogens (tertiary/aromatic N) is 1. The van der Waals surface area contributed by atoms with Gasteiger partial charge in [-0.2, -0.15) is 13.2 Å². The fourth-order valence-electron chi connectivity index (χ4n) is 2.91. The van der Waals surface area contributed by atoms with Crippen LogP contribution in [0, 0.1) is 0 Å². The minimum absolute atomic E-state index is 0.0716. The summed E-state index contributed by atoms with van der Waals surface area (Å²) in [4.78, 5) is 16.4. The van der Waals surface area contributed by atoms with Gasteiger partial charge in [-0.25, -0.2) is 4.98 Å². The molecule has 1 saturated carbocycles. The van der Waals surface area contributed by atoms with Gasteiger partial charge in [-0.15, -0.1) is 0 Å². The molecule has 138 valence electrons. The van der Waals surface area contributed by atoms with Crippen molar-refractivity contribution >= 4 is 29.0 Å². The molecule has 26 heavy (non-hydrogen) atoms. The molecule has 0 spiro atoms. The minimum Gasteiger partial charge on any atom is -0.349 e. The van der Waals surface area contributed by atoms with Crippen molar-refractivity contribution < 1.29 is 18.0 Å². The summed E-state index contributed by atoms with van der Waals surface area (Å²) in [6.07, 6.45) is 1.07. The molecular weight excluding hydrogens is 367 g/mol. The van der Waals surface area contributed by atoms with Crippen LogP contribution >= 0.6 is 11.6 Å². The highest BCUT2D eigenvalue weighted by Crippen LogP contribution is 2.34. The van der Waals surface area contributed by atoms with Crippen molar-refractivity contribution in [2.45, 2.75) is 37.9 Å². The lowest BCUT2D eigenvalue weighted by atomic mass is 10.2. The third kappa shape index (κ3) is 4.46. The van der Waals surface area contributed by atoms with E-state index in [4.69, 9.17) is 11.6 Å². The lowest BCUT2D eigenvalue weighted by Gasteiger charge is -2.14. The minimum atomic E-state index is -4.47. The van der Waals surface area contributed by atoms with E-state index in [0.29, 0.717) is 5.56 Å². The Morgan fingerprint density at radius 2 is 1.88 bits per heavy atom. The van der Waals surface area contributed by atoms with Crippen molar-refractivity contribution in [3.8, 4) is 0 Å². The maximum atomic E-state index is 12.9. The molecular formula is C18H17ClF3N3O. The fourth-order valence-corrected chi connectivity index (χ4v) is 3.08. The Labute approximate surface area is 153 Å². The van der Waals surface area contributed by atoms with E-state index < -0.39 is 11.7 Å². The van der Waals surface area contributed by atoms with Crippen LogP contribution in [-0.4, -0.2) is 16.9 Å². The van der Waals surface area contributed by atoms with E-state index in [0.717, 1.165) is 37.8 Å². The highest BCUT2D eigenvalue weighted by molar-refractivity contribution is 6.33. The highest BCUT2D eigenvalue weighted by Gasteiger charge is 2.31. The van der Waals surface area contributed by atoms with E-state index in [1.165, 1.54) is 18.3 Å². The van der Waals surface area contributed by atoms with E-state index >= 15 is 0 Å². The van der Waals surface area contributed by atoms with Crippen LogP contribution in [-0.2, 0) is 6.18 Å². The maximum absolute atomic E-state index is 12.9. The Morgan fingerprint density at radius 1 is 1.15 bits per heavy atom. The summed E-state index contributed by atoms with van der Waals surface area (Å²) in [6.45, 7) is 0. The number of aromatic nitrogens is 1. The van der Waals surface area contributed by atoms with Gasteiger partial charge in [-0.05, 0) is 43.2 Å². The number of pyridine rings is 1. The molecule has 0 bridgehead atoms. The van der Waals surface area contributed by atoms with Gasteiger partial charge < -0.3 is 10.6 Å². The van der Waals surface area contributed by atoms with Gasteiger partial charge in [0.25, 0.3) is 5.91 Å². The van der Waals surface area contributed by atoms with Gasteiger partial charge in [-0.3, -0.25) is 4.79 Å². The molecule has 0 radical (unpaired) electrons. The average molecular weight is 384 g/mol. The molecule has 0 saturated heterocycles. The summed E-state index contributed by atoms with van der Waals surface area (Å²) in [6, 6.07) is 6.21. The molecule has 1 aliphatic carbocycles. The molecule has 1 amide bonds. The first-order valence-electron chi connectivity index (χ1n) is 8.23. The van der Waals surface area contributed by atoms with Crippen molar-refractivity contribution in [1.29, 1.82) is 0 Å². The quantitative estimate of drug-likeness (QED) is 0.765. The number of carbonyl (C=O) groups is 1. The van der Waals surface area contributed by atoms with Crippen LogP contribution in [0.1, 0.15) is 41.6 Å². The van der Waals surface area contributed by atoms with Crippen LogP contribution < -0.4 is 10.6 Å². The Morgan fingerprint density at radius 3 is 2.58 bits per heavy atom. The Kier molecular flexibility index (Phi) is 5.36. The van der Waals surface area contributed by atoms with Gasteiger partial charge in [0.05, 0.1) is 16.3 Å². The van der Waals surface area contributed by atoms with Crippen molar-refractivity contribution in [2.24, 2.45) is 0 Å². The summed E-state index contributed by atoms with van der Waals surface area (Å²) in [5, 5.41) is 5.83. The Balaban J connectivity index is 1.77. The standard InChI is InChI=1S/C18H17ClF3N3O/c19-14-6-5-12(18(20,21)22)10-15(14)25-16-9-11(7-8-23-16)17(26)24-13-3-1-2-4-13/h5-10,13H,1-4H2,(H,23,25)(H,24,26). The van der Waals surface area contributed by atoms with E-state index in [2.05, 4.69) is 15.6 Å². The number of alkyl halides is 3. The lowest BCUT2D eigenvalue weighted by Crippen LogP contribution is -2.32. The predicted molar refractivity (Wildman–Crippen MR) is 93.7 cm³/mol. The lowest BCUT2D eigenvalue weighted by molar-refractivity contribution is -0.137. The number of nitrogens with one attached hydrogen (secondary N) is 2. The van der Waals surface area contributed by atoms with Crippen LogP contribution in [0.3, 0.4) is 0 Å². The molecule has 1 aromatic heterocycles. The number of carbonyl (C=O) groups excluding carboxylic acids is 1. The SMILES string of the molecule is O=C(NC1CCCC1)c1ccnc(Nc2cc(C(F)(F)F)ccc2Cl)c1. The number of hydrogen-bond acceptors (Lipinski definition) is 3. The first-order valence-corrected chi connectivity index (χ1v) is 8.61. The third-order valence-corrected chi connectivity index (χ3v) is 4.60. The van der Waals surface area contributed by atoms with Gasteiger partial charge in [0, 0.05) is 17.8 Å². The molecule has 1 fully saturated rings. The topological polar surface area (TPSA) is 54.0 Å². The van der Waals surface area contributed by atoms with Crippen molar-refractivity contribution in [2.75, 3.05) is 5.32 Å². The fraction of sp³-hybridized carbons (Fsp3) is 0.333. The van der Waals surface area contributed by atoms with Gasteiger partial charge >= 0.3 is 6.18 Å². The second kappa shape index (κ2) is 7.53. The Hall–Kier alpha value is -2.28. The number of benzene rings is 1. The first kappa shape index (κ1) is 18.5.